The van der Waals surface area contributed by atoms with Gasteiger partial charge in [-0.3, -0.25) is 0 Å². The van der Waals surface area contributed by atoms with Crippen LogP contribution in [0.25, 0.3) is 77.9 Å². The van der Waals surface area contributed by atoms with Gasteiger partial charge in [-0.15, -0.1) is 0 Å². The second kappa shape index (κ2) is 16.4. The van der Waals surface area contributed by atoms with Gasteiger partial charge in [-0.25, -0.2) is 0 Å². The topological polar surface area (TPSA) is 3.24 Å². The Morgan fingerprint density at radius 1 is 0.266 bits per heavy atom. The predicted molar refractivity (Wildman–Crippen MR) is 271 cm³/mol. The number of nitrogens with zero attached hydrogens (tertiary/aromatic N) is 1. The lowest BCUT2D eigenvalue weighted by molar-refractivity contribution is 0.660. The summed E-state index contributed by atoms with van der Waals surface area (Å²) in [5.41, 5.74) is 23.0. The maximum atomic E-state index is 2.44. The summed E-state index contributed by atoms with van der Waals surface area (Å²) in [4.78, 5) is 2.44. The molecule has 11 rings (SSSR count). The molecule has 0 heterocycles. The first kappa shape index (κ1) is 38.9. The van der Waals surface area contributed by atoms with E-state index in [2.05, 4.69) is 267 Å². The molecule has 64 heavy (non-hydrogen) atoms. The highest BCUT2D eigenvalue weighted by Crippen LogP contribution is 2.51. The van der Waals surface area contributed by atoms with Crippen LogP contribution >= 0.6 is 0 Å². The standard InChI is InChI=1S/C63H47N/c1-63(2)59-30-15-14-27-56(59)57-41-36-51(43-60(57)63)46-34-39-53(40-35-46)64(52-37-32-45(33-38-52)50-25-16-24-49(42-50)44-18-6-3-7-19-44)61-31-17-29-55(48-22-10-5-11-23-48)62(61)58-28-13-12-26-54(58)47-20-8-4-9-21-47/h3-43H,1-2H3. The van der Waals surface area contributed by atoms with Crippen molar-refractivity contribution in [1.29, 1.82) is 0 Å². The lowest BCUT2D eigenvalue weighted by atomic mass is 9.81. The number of rotatable bonds is 9. The molecule has 0 spiro atoms. The second-order valence-corrected chi connectivity index (χ2v) is 17.3. The number of hydrogen-bond acceptors (Lipinski definition) is 1. The second-order valence-electron chi connectivity index (χ2n) is 17.3. The minimum atomic E-state index is -0.0656. The number of benzene rings is 10. The third kappa shape index (κ3) is 7.02. The largest absolute Gasteiger partial charge is 0.310 e. The van der Waals surface area contributed by atoms with Crippen molar-refractivity contribution in [2.75, 3.05) is 4.90 Å². The average Bonchev–Trinajstić information content (AvgIpc) is 3.60. The SMILES string of the molecule is CC1(C)c2ccccc2-c2ccc(-c3ccc(N(c4ccc(-c5cccc(-c6ccccc6)c5)cc4)c4cccc(-c5ccccc5)c4-c4ccccc4-c4ccccc4)cc3)cc21. The van der Waals surface area contributed by atoms with Gasteiger partial charge in [0.15, 0.2) is 0 Å². The van der Waals surface area contributed by atoms with Crippen LogP contribution in [0.4, 0.5) is 17.1 Å². The van der Waals surface area contributed by atoms with Crippen LogP contribution in [0.1, 0.15) is 25.0 Å². The van der Waals surface area contributed by atoms with E-state index in [9.17, 15) is 0 Å². The minimum Gasteiger partial charge on any atom is -0.310 e. The zero-order valence-corrected chi connectivity index (χ0v) is 36.1. The highest BCUT2D eigenvalue weighted by atomic mass is 15.1. The number of fused-ring (bicyclic) bond motifs is 3. The maximum Gasteiger partial charge on any atom is 0.0546 e. The molecule has 0 amide bonds. The summed E-state index contributed by atoms with van der Waals surface area (Å²) in [6.07, 6.45) is 0. The first-order valence-corrected chi connectivity index (χ1v) is 22.3. The molecule has 1 nitrogen and oxygen atoms in total. The van der Waals surface area contributed by atoms with Gasteiger partial charge in [-0.2, -0.15) is 0 Å². The van der Waals surface area contributed by atoms with Crippen LogP contribution in [0.2, 0.25) is 0 Å². The van der Waals surface area contributed by atoms with Crippen LogP contribution in [-0.4, -0.2) is 0 Å². The normalized spacial score (nSPS) is 12.3. The molecule has 0 aromatic heterocycles. The highest BCUT2D eigenvalue weighted by Gasteiger charge is 2.35. The maximum absolute atomic E-state index is 2.44. The molecule has 10 aromatic rings. The monoisotopic (exact) mass is 817 g/mol. The summed E-state index contributed by atoms with van der Waals surface area (Å²) >= 11 is 0. The Kier molecular flexibility index (Phi) is 9.94. The smallest absolute Gasteiger partial charge is 0.0546 e. The van der Waals surface area contributed by atoms with Crippen LogP contribution in [0, 0.1) is 0 Å². The molecule has 304 valence electrons. The van der Waals surface area contributed by atoms with E-state index < -0.39 is 0 Å². The molecular formula is C63H47N. The van der Waals surface area contributed by atoms with E-state index in [1.54, 1.807) is 0 Å². The van der Waals surface area contributed by atoms with Crippen molar-refractivity contribution >= 4 is 17.1 Å². The van der Waals surface area contributed by atoms with E-state index in [-0.39, 0.29) is 5.41 Å². The molecule has 0 aliphatic heterocycles. The lowest BCUT2D eigenvalue weighted by Crippen LogP contribution is -2.14. The van der Waals surface area contributed by atoms with Gasteiger partial charge >= 0.3 is 0 Å². The zero-order valence-electron chi connectivity index (χ0n) is 36.1. The molecule has 0 radical (unpaired) electrons. The average molecular weight is 818 g/mol. The molecule has 0 fully saturated rings. The van der Waals surface area contributed by atoms with Crippen molar-refractivity contribution in [2.45, 2.75) is 19.3 Å². The third-order valence-corrected chi connectivity index (χ3v) is 13.1. The van der Waals surface area contributed by atoms with E-state index in [1.807, 2.05) is 0 Å². The molecular weight excluding hydrogens is 771 g/mol. The fourth-order valence-corrected chi connectivity index (χ4v) is 9.86. The molecule has 0 saturated heterocycles. The van der Waals surface area contributed by atoms with Crippen molar-refractivity contribution in [3.63, 3.8) is 0 Å². The summed E-state index contributed by atoms with van der Waals surface area (Å²) in [5, 5.41) is 0. The highest BCUT2D eigenvalue weighted by molar-refractivity contribution is 6.01. The Labute approximate surface area is 377 Å². The summed E-state index contributed by atoms with van der Waals surface area (Å²) in [5.74, 6) is 0. The van der Waals surface area contributed by atoms with Gasteiger partial charge in [0.2, 0.25) is 0 Å². The van der Waals surface area contributed by atoms with Crippen molar-refractivity contribution in [1.82, 2.24) is 0 Å². The summed E-state index contributed by atoms with van der Waals surface area (Å²) < 4.78 is 0. The fourth-order valence-electron chi connectivity index (χ4n) is 9.86. The minimum absolute atomic E-state index is 0.0656. The first-order chi connectivity index (χ1) is 31.5. The molecule has 1 heteroatoms. The van der Waals surface area contributed by atoms with Crippen LogP contribution in [0.3, 0.4) is 0 Å². The van der Waals surface area contributed by atoms with Crippen LogP contribution in [0.15, 0.2) is 249 Å². The predicted octanol–water partition coefficient (Wildman–Crippen LogP) is 17.5. The number of anilines is 3. The van der Waals surface area contributed by atoms with Crippen molar-refractivity contribution in [3.05, 3.63) is 260 Å². The van der Waals surface area contributed by atoms with Crippen LogP contribution < -0.4 is 4.90 Å². The fraction of sp³-hybridized carbons (Fsp3) is 0.0476. The molecule has 1 aliphatic carbocycles. The van der Waals surface area contributed by atoms with E-state index >= 15 is 0 Å². The Bertz CT molecular complexity index is 3260. The van der Waals surface area contributed by atoms with Gasteiger partial charge in [0.25, 0.3) is 0 Å². The van der Waals surface area contributed by atoms with Crippen LogP contribution in [0.5, 0.6) is 0 Å². The summed E-state index contributed by atoms with van der Waals surface area (Å²) in [7, 11) is 0. The van der Waals surface area contributed by atoms with E-state index in [0.717, 1.165) is 17.1 Å². The lowest BCUT2D eigenvalue weighted by Gasteiger charge is -2.30. The molecule has 1 aliphatic rings. The van der Waals surface area contributed by atoms with Gasteiger partial charge in [0, 0.05) is 22.4 Å². The van der Waals surface area contributed by atoms with Gasteiger partial charge in [-0.05, 0) is 126 Å². The molecule has 10 aromatic carbocycles. The quantitative estimate of drug-likeness (QED) is 0.140. The van der Waals surface area contributed by atoms with Crippen molar-refractivity contribution in [2.24, 2.45) is 0 Å². The van der Waals surface area contributed by atoms with E-state index in [4.69, 9.17) is 0 Å². The number of hydrogen-bond donors (Lipinski definition) is 0. The van der Waals surface area contributed by atoms with Crippen LogP contribution in [-0.2, 0) is 5.41 Å². The van der Waals surface area contributed by atoms with Gasteiger partial charge in [0.05, 0.1) is 5.69 Å². The Balaban J connectivity index is 1.07. The molecule has 0 bridgehead atoms. The molecule has 0 N–H and O–H groups in total. The Morgan fingerprint density at radius 3 is 1.28 bits per heavy atom. The Hall–Kier alpha value is -8.00. The molecule has 0 saturated carbocycles. The van der Waals surface area contributed by atoms with Crippen molar-refractivity contribution in [3.8, 4) is 77.9 Å². The van der Waals surface area contributed by atoms with Gasteiger partial charge in [0.1, 0.15) is 0 Å². The van der Waals surface area contributed by atoms with Gasteiger partial charge in [-0.1, -0.05) is 220 Å². The third-order valence-electron chi connectivity index (χ3n) is 13.1. The van der Waals surface area contributed by atoms with E-state index in [1.165, 1.54) is 89.0 Å². The Morgan fingerprint density at radius 2 is 0.672 bits per heavy atom. The summed E-state index contributed by atoms with van der Waals surface area (Å²) in [6.45, 7) is 4.70. The first-order valence-electron chi connectivity index (χ1n) is 22.3. The molecule has 0 unspecified atom stereocenters. The van der Waals surface area contributed by atoms with E-state index in [0.29, 0.717) is 0 Å². The summed E-state index contributed by atoms with van der Waals surface area (Å²) in [6, 6.07) is 90.8. The molecule has 0 atom stereocenters. The van der Waals surface area contributed by atoms with Crippen molar-refractivity contribution < 1.29 is 0 Å². The zero-order chi connectivity index (χ0) is 43.0. The van der Waals surface area contributed by atoms with Gasteiger partial charge < -0.3 is 4.90 Å².